The lowest BCUT2D eigenvalue weighted by Crippen LogP contribution is -2.51. The molecule has 0 spiro atoms. The van der Waals surface area contributed by atoms with Gasteiger partial charge in [-0.1, -0.05) is 27.7 Å². The van der Waals surface area contributed by atoms with Crippen LogP contribution in [-0.4, -0.2) is 61.7 Å². The third-order valence-electron chi connectivity index (χ3n) is 3.55. The molecule has 1 N–H and O–H groups in total. The van der Waals surface area contributed by atoms with Crippen LogP contribution in [0.2, 0.25) is 0 Å². The van der Waals surface area contributed by atoms with E-state index in [9.17, 15) is 0 Å². The van der Waals surface area contributed by atoms with Gasteiger partial charge in [-0.2, -0.15) is 0 Å². The molecule has 1 fully saturated rings. The number of nitrogens with zero attached hydrogens (tertiary/aromatic N) is 2. The van der Waals surface area contributed by atoms with E-state index in [1.165, 1.54) is 45.7 Å². The first-order valence-electron chi connectivity index (χ1n) is 7.33. The fourth-order valence-corrected chi connectivity index (χ4v) is 2.61. The molecule has 0 amide bonds. The van der Waals surface area contributed by atoms with Crippen LogP contribution in [0.3, 0.4) is 0 Å². The summed E-state index contributed by atoms with van der Waals surface area (Å²) in [5, 5.41) is 3.57. The van der Waals surface area contributed by atoms with E-state index in [0.717, 1.165) is 12.5 Å². The zero-order valence-corrected chi connectivity index (χ0v) is 12.2. The van der Waals surface area contributed by atoms with Crippen LogP contribution in [0, 0.1) is 5.92 Å². The van der Waals surface area contributed by atoms with Gasteiger partial charge in [0, 0.05) is 45.3 Å². The number of hydrogen-bond acceptors (Lipinski definition) is 3. The maximum atomic E-state index is 3.57. The fourth-order valence-electron chi connectivity index (χ4n) is 2.61. The van der Waals surface area contributed by atoms with Crippen molar-refractivity contribution < 1.29 is 0 Å². The van der Waals surface area contributed by atoms with Gasteiger partial charge < -0.3 is 10.2 Å². The van der Waals surface area contributed by atoms with Crippen molar-refractivity contribution in [3.63, 3.8) is 0 Å². The molecule has 17 heavy (non-hydrogen) atoms. The molecule has 1 atom stereocenters. The van der Waals surface area contributed by atoms with Crippen molar-refractivity contribution >= 4 is 0 Å². The topological polar surface area (TPSA) is 18.5 Å². The summed E-state index contributed by atoms with van der Waals surface area (Å²) in [5.74, 6) is 0.798. The quantitative estimate of drug-likeness (QED) is 0.731. The van der Waals surface area contributed by atoms with Gasteiger partial charge in [0.15, 0.2) is 0 Å². The molecule has 0 aromatic carbocycles. The SMILES string of the molecule is CCNC(CC)CN1CCN(CC(C)C)CC1. The van der Waals surface area contributed by atoms with Crippen molar-refractivity contribution in [1.29, 1.82) is 0 Å². The number of piperazine rings is 1. The van der Waals surface area contributed by atoms with E-state index >= 15 is 0 Å². The first-order chi connectivity index (χ1) is 8.15. The van der Waals surface area contributed by atoms with Gasteiger partial charge in [-0.05, 0) is 18.9 Å². The monoisotopic (exact) mass is 241 g/mol. The van der Waals surface area contributed by atoms with Crippen molar-refractivity contribution in [3.05, 3.63) is 0 Å². The second-order valence-electron chi connectivity index (χ2n) is 5.66. The smallest absolute Gasteiger partial charge is 0.0192 e. The molecule has 0 bridgehead atoms. The van der Waals surface area contributed by atoms with E-state index in [0.29, 0.717) is 6.04 Å². The normalized spacial score (nSPS) is 21.0. The lowest BCUT2D eigenvalue weighted by Gasteiger charge is -2.37. The summed E-state index contributed by atoms with van der Waals surface area (Å²) in [5.41, 5.74) is 0. The van der Waals surface area contributed by atoms with Crippen LogP contribution in [0.15, 0.2) is 0 Å². The lowest BCUT2D eigenvalue weighted by atomic mass is 10.1. The van der Waals surface area contributed by atoms with E-state index in [-0.39, 0.29) is 0 Å². The summed E-state index contributed by atoms with van der Waals surface area (Å²) in [7, 11) is 0. The highest BCUT2D eigenvalue weighted by Gasteiger charge is 2.19. The maximum absolute atomic E-state index is 3.57. The molecule has 0 aromatic rings. The second-order valence-corrected chi connectivity index (χ2v) is 5.66. The van der Waals surface area contributed by atoms with Crippen LogP contribution in [0.1, 0.15) is 34.1 Å². The Morgan fingerprint density at radius 3 is 1.88 bits per heavy atom. The third kappa shape index (κ3) is 5.84. The maximum Gasteiger partial charge on any atom is 0.0192 e. The average Bonchev–Trinajstić information content (AvgIpc) is 2.30. The van der Waals surface area contributed by atoms with Crippen LogP contribution in [0.25, 0.3) is 0 Å². The molecule has 1 unspecified atom stereocenters. The standard InChI is InChI=1S/C14H31N3/c1-5-14(15-6-2)12-17-9-7-16(8-10-17)11-13(3)4/h13-15H,5-12H2,1-4H3. The molecule has 3 heteroatoms. The minimum Gasteiger partial charge on any atom is -0.313 e. The van der Waals surface area contributed by atoms with Gasteiger partial charge in [0.05, 0.1) is 0 Å². The Balaban J connectivity index is 2.22. The van der Waals surface area contributed by atoms with Crippen LogP contribution in [0.5, 0.6) is 0 Å². The minimum absolute atomic E-state index is 0.677. The van der Waals surface area contributed by atoms with E-state index in [1.54, 1.807) is 0 Å². The molecule has 102 valence electrons. The van der Waals surface area contributed by atoms with Gasteiger partial charge in [0.1, 0.15) is 0 Å². The molecule has 3 nitrogen and oxygen atoms in total. The van der Waals surface area contributed by atoms with Crippen LogP contribution < -0.4 is 5.32 Å². The van der Waals surface area contributed by atoms with Crippen molar-refractivity contribution in [2.75, 3.05) is 45.8 Å². The molecular weight excluding hydrogens is 210 g/mol. The summed E-state index contributed by atoms with van der Waals surface area (Å²) >= 11 is 0. The number of nitrogens with one attached hydrogen (secondary N) is 1. The van der Waals surface area contributed by atoms with Gasteiger partial charge in [-0.25, -0.2) is 0 Å². The van der Waals surface area contributed by atoms with Crippen LogP contribution in [0.4, 0.5) is 0 Å². The molecule has 0 aliphatic carbocycles. The number of rotatable bonds is 7. The van der Waals surface area contributed by atoms with Crippen molar-refractivity contribution in [2.24, 2.45) is 5.92 Å². The highest BCUT2D eigenvalue weighted by atomic mass is 15.3. The van der Waals surface area contributed by atoms with E-state index < -0.39 is 0 Å². The van der Waals surface area contributed by atoms with Gasteiger partial charge in [-0.15, -0.1) is 0 Å². The first-order valence-corrected chi connectivity index (χ1v) is 7.33. The van der Waals surface area contributed by atoms with Crippen molar-refractivity contribution in [3.8, 4) is 0 Å². The molecule has 1 rings (SSSR count). The van der Waals surface area contributed by atoms with Gasteiger partial charge in [0.2, 0.25) is 0 Å². The molecular formula is C14H31N3. The highest BCUT2D eigenvalue weighted by molar-refractivity contribution is 4.77. The Bertz CT molecular complexity index is 186. The van der Waals surface area contributed by atoms with E-state index in [4.69, 9.17) is 0 Å². The summed E-state index contributed by atoms with van der Waals surface area (Å²) in [6.45, 7) is 17.7. The molecule has 1 aliphatic rings. The van der Waals surface area contributed by atoms with Gasteiger partial charge in [0.25, 0.3) is 0 Å². The number of hydrogen-bond donors (Lipinski definition) is 1. The van der Waals surface area contributed by atoms with Crippen LogP contribution in [-0.2, 0) is 0 Å². The molecule has 1 heterocycles. The summed E-state index contributed by atoms with van der Waals surface area (Å²) in [4.78, 5) is 5.23. The van der Waals surface area contributed by atoms with E-state index in [1.807, 2.05) is 0 Å². The summed E-state index contributed by atoms with van der Waals surface area (Å²) < 4.78 is 0. The zero-order chi connectivity index (χ0) is 12.7. The highest BCUT2D eigenvalue weighted by Crippen LogP contribution is 2.06. The Labute approximate surface area is 108 Å². The molecule has 1 saturated heterocycles. The molecule has 0 aromatic heterocycles. The zero-order valence-electron chi connectivity index (χ0n) is 12.2. The minimum atomic E-state index is 0.677. The average molecular weight is 241 g/mol. The molecule has 0 radical (unpaired) electrons. The van der Waals surface area contributed by atoms with Crippen molar-refractivity contribution in [2.45, 2.75) is 40.2 Å². The summed E-state index contributed by atoms with van der Waals surface area (Å²) in [6.07, 6.45) is 1.24. The fraction of sp³-hybridized carbons (Fsp3) is 1.00. The Morgan fingerprint density at radius 1 is 0.941 bits per heavy atom. The summed E-state index contributed by atoms with van der Waals surface area (Å²) in [6, 6.07) is 0.677. The Kier molecular flexibility index (Phi) is 7.09. The number of likely N-dealkylation sites (N-methyl/N-ethyl adjacent to an activating group) is 1. The predicted octanol–water partition coefficient (Wildman–Crippen LogP) is 1.65. The third-order valence-corrected chi connectivity index (χ3v) is 3.55. The van der Waals surface area contributed by atoms with Gasteiger partial charge in [-0.3, -0.25) is 4.90 Å². The van der Waals surface area contributed by atoms with Gasteiger partial charge >= 0.3 is 0 Å². The first kappa shape index (κ1) is 14.9. The van der Waals surface area contributed by atoms with E-state index in [2.05, 4.69) is 42.8 Å². The second kappa shape index (κ2) is 8.06. The molecule has 1 aliphatic heterocycles. The Morgan fingerprint density at radius 2 is 1.47 bits per heavy atom. The predicted molar refractivity (Wildman–Crippen MR) is 75.5 cm³/mol. The molecule has 0 saturated carbocycles. The largest absolute Gasteiger partial charge is 0.313 e. The lowest BCUT2D eigenvalue weighted by molar-refractivity contribution is 0.113. The van der Waals surface area contributed by atoms with Crippen LogP contribution >= 0.6 is 0 Å². The van der Waals surface area contributed by atoms with Crippen molar-refractivity contribution in [1.82, 2.24) is 15.1 Å². The Hall–Kier alpha value is -0.120.